The number of halogens is 3. The fraction of sp³-hybridized carbons (Fsp3) is 0.826. The van der Waals surface area contributed by atoms with Crippen LogP contribution in [0.25, 0.3) is 0 Å². The number of ketones is 1. The summed E-state index contributed by atoms with van der Waals surface area (Å²) in [7, 11) is 0. The molecule has 6 heteroatoms. The number of alkyl halides is 3. The zero-order valence-electron chi connectivity index (χ0n) is 17.1. The first kappa shape index (κ1) is 20.8. The van der Waals surface area contributed by atoms with Crippen LogP contribution in [0.15, 0.2) is 0 Å². The summed E-state index contributed by atoms with van der Waals surface area (Å²) in [5.74, 6) is 2.06. The lowest BCUT2D eigenvalue weighted by atomic mass is 9.44. The largest absolute Gasteiger partial charge is 0.490 e. The molecule has 0 radical (unpaired) electrons. The zero-order chi connectivity index (χ0) is 21.2. The molecule has 1 unspecified atom stereocenters. The molecule has 7 atom stereocenters. The average molecular weight is 410 g/mol. The van der Waals surface area contributed by atoms with Crippen molar-refractivity contribution in [2.24, 2.45) is 34.5 Å². The molecule has 0 saturated heterocycles. The summed E-state index contributed by atoms with van der Waals surface area (Å²) in [6.07, 6.45) is 7.36. The average Bonchev–Trinajstić information content (AvgIpc) is 2.94. The first-order valence-electron chi connectivity index (χ1n) is 10.8. The Morgan fingerprint density at radius 3 is 2.45 bits per heavy atom. The summed E-state index contributed by atoms with van der Waals surface area (Å²) < 4.78 is 43.8. The Balaban J connectivity index is 1.63. The first-order chi connectivity index (χ1) is 13.5. The van der Waals surface area contributed by atoms with Gasteiger partial charge in [0.2, 0.25) is 0 Å². The number of fused-ring (bicyclic) bond motifs is 5. The van der Waals surface area contributed by atoms with Crippen molar-refractivity contribution < 1.29 is 27.5 Å². The number of hydrogen-bond donors (Lipinski definition) is 0. The van der Waals surface area contributed by atoms with E-state index in [1.807, 2.05) is 6.92 Å². The van der Waals surface area contributed by atoms with E-state index in [1.165, 1.54) is 0 Å². The van der Waals surface area contributed by atoms with Crippen LogP contribution in [-0.4, -0.2) is 23.5 Å². The topological polar surface area (TPSA) is 43.4 Å². The zero-order valence-corrected chi connectivity index (χ0v) is 17.1. The Labute approximate surface area is 170 Å². The standard InChI is InChI=1S/C23H29F3O3/c1-4-22(29-19(28)23(24,25)26)12-9-18-16-6-5-14-13-15(27)7-10-20(14,2)17(16)8-11-21(18,22)3/h1,14,16-18H,5-13H2,2-3H3/t14?,16-,17+,18+,20+,21+,22-/m1/s1. The van der Waals surface area contributed by atoms with E-state index in [9.17, 15) is 22.8 Å². The number of carbonyl (C=O) groups is 2. The van der Waals surface area contributed by atoms with Gasteiger partial charge in [0.15, 0.2) is 5.60 Å². The number of esters is 1. The van der Waals surface area contributed by atoms with Crippen LogP contribution in [0.5, 0.6) is 0 Å². The van der Waals surface area contributed by atoms with Crippen LogP contribution in [0.2, 0.25) is 0 Å². The second-order valence-corrected chi connectivity index (χ2v) is 10.3. The van der Waals surface area contributed by atoms with E-state index in [1.54, 1.807) is 0 Å². The van der Waals surface area contributed by atoms with E-state index in [0.29, 0.717) is 49.2 Å². The van der Waals surface area contributed by atoms with Crippen LogP contribution in [0.1, 0.15) is 71.6 Å². The van der Waals surface area contributed by atoms with Crippen molar-refractivity contribution in [2.75, 3.05) is 0 Å². The number of rotatable bonds is 1. The van der Waals surface area contributed by atoms with Crippen molar-refractivity contribution in [3.05, 3.63) is 0 Å². The number of terminal acetylenes is 1. The second-order valence-electron chi connectivity index (χ2n) is 10.3. The van der Waals surface area contributed by atoms with E-state index >= 15 is 0 Å². The highest BCUT2D eigenvalue weighted by atomic mass is 19.4. The maximum Gasteiger partial charge on any atom is 0.490 e. The lowest BCUT2D eigenvalue weighted by Gasteiger charge is -2.60. The van der Waals surface area contributed by atoms with Gasteiger partial charge in [-0.25, -0.2) is 4.79 Å². The molecule has 4 aliphatic rings. The molecule has 4 saturated carbocycles. The van der Waals surface area contributed by atoms with E-state index in [4.69, 9.17) is 11.2 Å². The van der Waals surface area contributed by atoms with Crippen molar-refractivity contribution >= 4 is 11.8 Å². The molecule has 0 aromatic carbocycles. The first-order valence-corrected chi connectivity index (χ1v) is 10.8. The molecule has 29 heavy (non-hydrogen) atoms. The van der Waals surface area contributed by atoms with Gasteiger partial charge >= 0.3 is 12.1 Å². The number of carbonyl (C=O) groups excluding carboxylic acids is 2. The quantitative estimate of drug-likeness (QED) is 0.447. The second kappa shape index (κ2) is 6.49. The maximum atomic E-state index is 12.9. The fourth-order valence-electron chi connectivity index (χ4n) is 7.69. The van der Waals surface area contributed by atoms with Crippen molar-refractivity contribution in [1.29, 1.82) is 0 Å². The third-order valence-electron chi connectivity index (χ3n) is 9.33. The minimum absolute atomic E-state index is 0.113. The van der Waals surface area contributed by atoms with Gasteiger partial charge in [-0.15, -0.1) is 6.42 Å². The van der Waals surface area contributed by atoms with Crippen LogP contribution in [0.4, 0.5) is 13.2 Å². The smallest absolute Gasteiger partial charge is 0.439 e. The Morgan fingerprint density at radius 2 is 1.79 bits per heavy atom. The number of ether oxygens (including phenoxy) is 1. The van der Waals surface area contributed by atoms with Crippen molar-refractivity contribution in [3.63, 3.8) is 0 Å². The summed E-state index contributed by atoms with van der Waals surface area (Å²) in [5, 5.41) is 0. The number of Topliss-reactive ketones (excluding diaryl/α,β-unsaturated/α-hetero) is 1. The predicted octanol–water partition coefficient (Wildman–Crippen LogP) is 5.08. The monoisotopic (exact) mass is 410 g/mol. The van der Waals surface area contributed by atoms with Gasteiger partial charge in [-0.2, -0.15) is 13.2 Å². The van der Waals surface area contributed by atoms with Gasteiger partial charge < -0.3 is 4.74 Å². The fourth-order valence-corrected chi connectivity index (χ4v) is 7.69. The van der Waals surface area contributed by atoms with Crippen LogP contribution in [0.3, 0.4) is 0 Å². The minimum Gasteiger partial charge on any atom is -0.439 e. The van der Waals surface area contributed by atoms with Gasteiger partial charge in [0.05, 0.1) is 0 Å². The summed E-state index contributed by atoms with van der Waals surface area (Å²) in [6.45, 7) is 4.25. The summed E-state index contributed by atoms with van der Waals surface area (Å²) in [4.78, 5) is 23.7. The Hall–Kier alpha value is -1.51. The molecule has 0 heterocycles. The molecule has 0 N–H and O–H groups in total. The lowest BCUT2D eigenvalue weighted by molar-refractivity contribution is -0.221. The summed E-state index contributed by atoms with van der Waals surface area (Å²) in [5.41, 5.74) is -2.02. The van der Waals surface area contributed by atoms with Crippen LogP contribution < -0.4 is 0 Å². The highest BCUT2D eigenvalue weighted by molar-refractivity contribution is 5.79. The molecule has 3 nitrogen and oxygen atoms in total. The summed E-state index contributed by atoms with van der Waals surface area (Å²) >= 11 is 0. The molecule has 0 aromatic rings. The van der Waals surface area contributed by atoms with Gasteiger partial charge in [-0.1, -0.05) is 19.8 Å². The molecule has 0 bridgehead atoms. The molecule has 160 valence electrons. The molecule has 4 fully saturated rings. The lowest BCUT2D eigenvalue weighted by Crippen LogP contribution is -2.57. The highest BCUT2D eigenvalue weighted by Gasteiger charge is 2.67. The van der Waals surface area contributed by atoms with E-state index in [-0.39, 0.29) is 17.8 Å². The van der Waals surface area contributed by atoms with Gasteiger partial charge in [0, 0.05) is 18.3 Å². The number of hydrogen-bond acceptors (Lipinski definition) is 3. The van der Waals surface area contributed by atoms with E-state index < -0.39 is 23.2 Å². The molecule has 0 amide bonds. The molecule has 0 aromatic heterocycles. The third-order valence-corrected chi connectivity index (χ3v) is 9.33. The third kappa shape index (κ3) is 2.86. The van der Waals surface area contributed by atoms with Gasteiger partial charge in [0.25, 0.3) is 0 Å². The Bertz CT molecular complexity index is 768. The SMILES string of the molecule is C#C[C@@]1(OC(=O)C(F)(F)F)CC[C@H]2[C@@H]3CCC4CC(=O)CC[C@]4(C)[C@H]3CC[C@@]21C. The normalized spacial score (nSPS) is 46.8. The van der Waals surface area contributed by atoms with Gasteiger partial charge in [-0.3, -0.25) is 4.79 Å². The van der Waals surface area contributed by atoms with Gasteiger partial charge in [0.1, 0.15) is 5.78 Å². The molecule has 4 aliphatic carbocycles. The Morgan fingerprint density at radius 1 is 1.10 bits per heavy atom. The van der Waals surface area contributed by atoms with Gasteiger partial charge in [-0.05, 0) is 74.0 Å². The molecular weight excluding hydrogens is 381 g/mol. The molecule has 0 spiro atoms. The predicted molar refractivity (Wildman–Crippen MR) is 100 cm³/mol. The highest BCUT2D eigenvalue weighted by Crippen LogP contribution is 2.68. The van der Waals surface area contributed by atoms with Crippen LogP contribution in [0, 0.1) is 46.8 Å². The van der Waals surface area contributed by atoms with E-state index in [0.717, 1.165) is 25.7 Å². The van der Waals surface area contributed by atoms with Crippen LogP contribution in [-0.2, 0) is 14.3 Å². The van der Waals surface area contributed by atoms with Crippen molar-refractivity contribution in [3.8, 4) is 12.3 Å². The van der Waals surface area contributed by atoms with Crippen LogP contribution >= 0.6 is 0 Å². The van der Waals surface area contributed by atoms with E-state index in [2.05, 4.69) is 12.8 Å². The maximum absolute atomic E-state index is 12.9. The Kier molecular flexibility index (Phi) is 4.65. The molecular formula is C23H29F3O3. The molecule has 0 aliphatic heterocycles. The summed E-state index contributed by atoms with van der Waals surface area (Å²) in [6, 6.07) is 0. The minimum atomic E-state index is -5.05. The van der Waals surface area contributed by atoms with Crippen molar-refractivity contribution in [1.82, 2.24) is 0 Å². The molecule has 4 rings (SSSR count). The van der Waals surface area contributed by atoms with Crippen molar-refractivity contribution in [2.45, 2.75) is 83.4 Å².